The second kappa shape index (κ2) is 19.2. The molecule has 0 saturated carbocycles. The van der Waals surface area contributed by atoms with Gasteiger partial charge in [-0.2, -0.15) is 36.5 Å². The maximum Gasteiger partial charge on any atom is 0.435 e. The van der Waals surface area contributed by atoms with Crippen LogP contribution in [0.2, 0.25) is 5.02 Å². The van der Waals surface area contributed by atoms with Crippen molar-refractivity contribution in [3.63, 3.8) is 0 Å². The third kappa shape index (κ3) is 11.3. The number of nitrogens with two attached hydrogens (primary N) is 1. The molecular formula is C47H31ClF11N5O. The molecule has 8 rings (SSSR count). The number of aromatic nitrogens is 4. The summed E-state index contributed by atoms with van der Waals surface area (Å²) in [7, 11) is 2.63. The minimum absolute atomic E-state index is 0.153. The maximum atomic E-state index is 13.9. The summed E-state index contributed by atoms with van der Waals surface area (Å²) in [6, 6.07) is 30.6. The number of nitrogens with zero attached hydrogens (tertiary/aromatic N) is 4. The number of carbonyl (C=O) groups excluding carboxylic acids is 1. The second-order valence-electron chi connectivity index (χ2n) is 14.0. The molecule has 0 atom stereocenters. The third-order valence-electron chi connectivity index (χ3n) is 9.50. The van der Waals surface area contributed by atoms with Gasteiger partial charge in [0.25, 0.3) is 5.91 Å². The van der Waals surface area contributed by atoms with Crippen LogP contribution in [0.4, 0.5) is 48.3 Å². The molecule has 2 N–H and O–H groups in total. The van der Waals surface area contributed by atoms with Crippen LogP contribution >= 0.6 is 11.6 Å². The van der Waals surface area contributed by atoms with Crippen LogP contribution in [0.15, 0.2) is 140 Å². The van der Waals surface area contributed by atoms with Crippen LogP contribution in [0.3, 0.4) is 0 Å². The van der Waals surface area contributed by atoms with Gasteiger partial charge in [-0.05, 0) is 118 Å². The Balaban J connectivity index is 0.000000169. The fraction of sp³-hybridized carbons (Fsp3) is 0.0851. The summed E-state index contributed by atoms with van der Waals surface area (Å²) in [4.78, 5) is 11.8. The monoisotopic (exact) mass is 925 g/mol. The van der Waals surface area contributed by atoms with Crippen LogP contribution in [0, 0.1) is 29.1 Å². The van der Waals surface area contributed by atoms with E-state index in [-0.39, 0.29) is 45.1 Å². The van der Waals surface area contributed by atoms with E-state index >= 15 is 0 Å². The van der Waals surface area contributed by atoms with E-state index in [1.165, 1.54) is 68.8 Å². The molecule has 2 aromatic heterocycles. The van der Waals surface area contributed by atoms with Crippen LogP contribution in [0.25, 0.3) is 55.8 Å². The van der Waals surface area contributed by atoms with E-state index in [0.717, 1.165) is 56.9 Å². The first-order chi connectivity index (χ1) is 30.6. The summed E-state index contributed by atoms with van der Waals surface area (Å²) in [5.74, 6) is -3.50. The summed E-state index contributed by atoms with van der Waals surface area (Å²) in [6.45, 7) is 0. The lowest BCUT2D eigenvalue weighted by atomic mass is 9.94. The zero-order chi connectivity index (χ0) is 47.4. The topological polar surface area (TPSA) is 78.7 Å². The van der Waals surface area contributed by atoms with E-state index in [2.05, 4.69) is 10.2 Å². The molecule has 0 spiro atoms. The van der Waals surface area contributed by atoms with E-state index in [1.54, 1.807) is 48.5 Å². The summed E-state index contributed by atoms with van der Waals surface area (Å²) >= 11 is 5.86. The standard InChI is InChI=1S/C18H12ClF4N3O.C17H11F5N2.C12H8F2/c1-26-15(14(17(24)27)16(25-26)18(21,22)23)12-7-6-11(20)8-13(12)9-2-4-10(19)5-3-9;1-24-9-15(16(23-24)17(20,21)22)13-7-6-12(19)8-14(13)10-2-4-11(18)5-3-10;13-11-5-1-9(2-6-11)10-3-7-12(14)8-4-10/h2-8H,1H3,(H2,24,27);2-9H,1H3;1-8H. The molecule has 0 fully saturated rings. The zero-order valence-corrected chi connectivity index (χ0v) is 34.3. The van der Waals surface area contributed by atoms with Crippen LogP contribution in [0.1, 0.15) is 21.7 Å². The van der Waals surface area contributed by atoms with E-state index < -0.39 is 52.7 Å². The molecule has 0 unspecified atom stereocenters. The largest absolute Gasteiger partial charge is 0.435 e. The third-order valence-corrected chi connectivity index (χ3v) is 9.75. The molecule has 6 nitrogen and oxygen atoms in total. The second-order valence-corrected chi connectivity index (χ2v) is 14.5. The molecule has 0 bridgehead atoms. The summed E-state index contributed by atoms with van der Waals surface area (Å²) < 4.78 is 147. The Kier molecular flexibility index (Phi) is 14.0. The number of aryl methyl sites for hydroxylation is 2. The number of hydrogen-bond donors (Lipinski definition) is 1. The first kappa shape index (κ1) is 47.2. The highest BCUT2D eigenvalue weighted by Gasteiger charge is 2.41. The van der Waals surface area contributed by atoms with E-state index in [1.807, 2.05) is 0 Å². The van der Waals surface area contributed by atoms with E-state index in [4.69, 9.17) is 17.3 Å². The van der Waals surface area contributed by atoms with Crippen molar-refractivity contribution in [2.45, 2.75) is 12.4 Å². The molecule has 1 amide bonds. The molecule has 0 aliphatic heterocycles. The van der Waals surface area contributed by atoms with Gasteiger partial charge < -0.3 is 5.73 Å². The van der Waals surface area contributed by atoms with Gasteiger partial charge in [-0.1, -0.05) is 66.2 Å². The molecule has 0 saturated heterocycles. The highest BCUT2D eigenvalue weighted by Crippen LogP contribution is 2.42. The molecule has 2 heterocycles. The van der Waals surface area contributed by atoms with Crippen molar-refractivity contribution in [3.8, 4) is 55.8 Å². The number of carbonyl (C=O) groups is 1. The highest BCUT2D eigenvalue weighted by molar-refractivity contribution is 6.30. The molecule has 65 heavy (non-hydrogen) atoms. The lowest BCUT2D eigenvalue weighted by Crippen LogP contribution is -2.18. The van der Waals surface area contributed by atoms with Gasteiger partial charge in [0.2, 0.25) is 0 Å². The normalized spacial score (nSPS) is 11.4. The van der Waals surface area contributed by atoms with Gasteiger partial charge in [0.05, 0.1) is 11.3 Å². The van der Waals surface area contributed by atoms with Crippen molar-refractivity contribution in [2.75, 3.05) is 0 Å². The molecule has 0 radical (unpaired) electrons. The van der Waals surface area contributed by atoms with Crippen molar-refractivity contribution < 1.29 is 53.1 Å². The quantitative estimate of drug-likeness (QED) is 0.169. The SMILES string of the molecule is Cn1cc(-c2ccc(F)cc2-c2ccc(F)cc2)c(C(F)(F)F)n1.Cn1nc(C(F)(F)F)c(C(N)=O)c1-c1ccc(F)cc1-c1ccc(Cl)cc1.Fc1ccc(-c2ccc(F)cc2)cc1. The Bertz CT molecular complexity index is 2900. The van der Waals surface area contributed by atoms with Crippen molar-refractivity contribution in [3.05, 3.63) is 191 Å². The number of rotatable bonds is 6. The minimum Gasteiger partial charge on any atom is -0.365 e. The summed E-state index contributed by atoms with van der Waals surface area (Å²) in [6.07, 6.45) is -8.30. The predicted octanol–water partition coefficient (Wildman–Crippen LogP) is 13.3. The Morgan fingerprint density at radius 3 is 1.31 bits per heavy atom. The Morgan fingerprint density at radius 1 is 0.492 bits per heavy atom. The van der Waals surface area contributed by atoms with Crippen LogP contribution < -0.4 is 5.73 Å². The molecule has 334 valence electrons. The first-order valence-corrected chi connectivity index (χ1v) is 19.2. The number of benzene rings is 6. The lowest BCUT2D eigenvalue weighted by Gasteiger charge is -2.12. The number of hydrogen-bond acceptors (Lipinski definition) is 3. The predicted molar refractivity (Wildman–Crippen MR) is 223 cm³/mol. The fourth-order valence-corrected chi connectivity index (χ4v) is 6.78. The average molecular weight is 926 g/mol. The number of amides is 1. The Labute approximate surface area is 368 Å². The average Bonchev–Trinajstić information content (AvgIpc) is 3.83. The summed E-state index contributed by atoms with van der Waals surface area (Å²) in [5, 5.41) is 7.33. The number of alkyl halides is 6. The first-order valence-electron chi connectivity index (χ1n) is 18.8. The molecule has 0 aliphatic rings. The van der Waals surface area contributed by atoms with Crippen LogP contribution in [-0.2, 0) is 26.4 Å². The van der Waals surface area contributed by atoms with E-state index in [9.17, 15) is 53.1 Å². The zero-order valence-electron chi connectivity index (χ0n) is 33.6. The molecular weight excluding hydrogens is 895 g/mol. The smallest absolute Gasteiger partial charge is 0.365 e. The van der Waals surface area contributed by atoms with Gasteiger partial charge in [-0.15, -0.1) is 0 Å². The fourth-order valence-electron chi connectivity index (χ4n) is 6.66. The number of primary amides is 1. The van der Waals surface area contributed by atoms with Crippen molar-refractivity contribution in [2.24, 2.45) is 19.8 Å². The van der Waals surface area contributed by atoms with Gasteiger partial charge in [0.15, 0.2) is 11.4 Å². The Morgan fingerprint density at radius 2 is 0.877 bits per heavy atom. The summed E-state index contributed by atoms with van der Waals surface area (Å²) in [5.41, 5.74) is 5.20. The van der Waals surface area contributed by atoms with Gasteiger partial charge in [0.1, 0.15) is 29.1 Å². The van der Waals surface area contributed by atoms with Gasteiger partial charge >= 0.3 is 12.4 Å². The van der Waals surface area contributed by atoms with Crippen LogP contribution in [0.5, 0.6) is 0 Å². The number of halogens is 12. The molecule has 8 aromatic rings. The van der Waals surface area contributed by atoms with Crippen molar-refractivity contribution in [1.82, 2.24) is 19.6 Å². The van der Waals surface area contributed by atoms with Crippen molar-refractivity contribution >= 4 is 17.5 Å². The van der Waals surface area contributed by atoms with Gasteiger partial charge in [0, 0.05) is 36.4 Å². The molecule has 6 aromatic carbocycles. The van der Waals surface area contributed by atoms with Crippen LogP contribution in [-0.4, -0.2) is 25.5 Å². The minimum atomic E-state index is -4.87. The maximum absolute atomic E-state index is 13.9. The molecule has 18 heteroatoms. The Hall–Kier alpha value is -7.27. The van der Waals surface area contributed by atoms with Crippen molar-refractivity contribution in [1.29, 1.82) is 0 Å². The highest BCUT2D eigenvalue weighted by atomic mass is 35.5. The lowest BCUT2D eigenvalue weighted by molar-refractivity contribution is -0.142. The van der Waals surface area contributed by atoms with Gasteiger partial charge in [-0.3, -0.25) is 14.2 Å². The van der Waals surface area contributed by atoms with Gasteiger partial charge in [-0.25, -0.2) is 22.0 Å². The van der Waals surface area contributed by atoms with E-state index in [0.29, 0.717) is 16.1 Å². The molecule has 0 aliphatic carbocycles.